The normalized spacial score (nSPS) is 13.3. The van der Waals surface area contributed by atoms with Crippen LogP contribution < -0.4 is 14.2 Å². The molecule has 10 heteroatoms. The third kappa shape index (κ3) is 7.90. The zero-order valence-corrected chi connectivity index (χ0v) is 22.2. The van der Waals surface area contributed by atoms with Crippen LogP contribution in [0.5, 0.6) is 17.2 Å². The van der Waals surface area contributed by atoms with Crippen molar-refractivity contribution in [3.63, 3.8) is 0 Å². The van der Waals surface area contributed by atoms with E-state index in [1.165, 1.54) is 39.5 Å². The van der Waals surface area contributed by atoms with Gasteiger partial charge >= 0.3 is 11.9 Å². The number of Topliss-reactive ketones (excluding diaryl/α,β-unsaturated/α-hetero) is 1. The van der Waals surface area contributed by atoms with E-state index in [9.17, 15) is 18.8 Å². The number of rotatable bonds is 13. The summed E-state index contributed by atoms with van der Waals surface area (Å²) in [5.74, 6) is -2.78. The molecule has 0 aliphatic heterocycles. The summed E-state index contributed by atoms with van der Waals surface area (Å²) >= 11 is 0. The maximum absolute atomic E-state index is 14.8. The summed E-state index contributed by atoms with van der Waals surface area (Å²) in [4.78, 5) is 41.0. The number of benzene rings is 1. The molecule has 0 radical (unpaired) electrons. The predicted octanol–water partition coefficient (Wildman–Crippen LogP) is 4.72. The molecule has 0 amide bonds. The third-order valence-electron chi connectivity index (χ3n) is 5.80. The van der Waals surface area contributed by atoms with Gasteiger partial charge in [-0.2, -0.15) is 0 Å². The molecule has 0 N–H and O–H groups in total. The van der Waals surface area contributed by atoms with Gasteiger partial charge in [0.2, 0.25) is 6.79 Å². The van der Waals surface area contributed by atoms with Gasteiger partial charge in [-0.05, 0) is 24.5 Å². The average Bonchev–Trinajstić information content (AvgIpc) is 2.84. The van der Waals surface area contributed by atoms with Crippen molar-refractivity contribution in [1.29, 1.82) is 0 Å². The second kappa shape index (κ2) is 13.6. The molecule has 1 heterocycles. The number of aromatic nitrogens is 1. The SMILES string of the molecule is COc1ccc([C@H](C(C)C)[C@H](C)OC(=O)[C@H](C)CC(=O)c2nccc(OC)c2OCOC(C)=O)c(F)c1. The number of hydrogen-bond donors (Lipinski definition) is 0. The molecule has 0 bridgehead atoms. The largest absolute Gasteiger partial charge is 0.497 e. The second-order valence-electron chi connectivity index (χ2n) is 8.92. The quantitative estimate of drug-likeness (QED) is 0.211. The summed E-state index contributed by atoms with van der Waals surface area (Å²) in [6, 6.07) is 6.07. The Balaban J connectivity index is 2.14. The number of ether oxygens (including phenoxy) is 5. The molecule has 0 aliphatic rings. The van der Waals surface area contributed by atoms with Crippen molar-refractivity contribution in [2.75, 3.05) is 21.0 Å². The number of pyridine rings is 1. The number of methoxy groups -OCH3 is 2. The summed E-state index contributed by atoms with van der Waals surface area (Å²) in [7, 11) is 2.85. The number of carbonyl (C=O) groups is 3. The fourth-order valence-electron chi connectivity index (χ4n) is 3.99. The molecule has 2 rings (SSSR count). The number of esters is 2. The molecule has 0 spiro atoms. The van der Waals surface area contributed by atoms with E-state index in [-0.39, 0.29) is 29.5 Å². The third-order valence-corrected chi connectivity index (χ3v) is 5.80. The molecule has 0 saturated carbocycles. The fourth-order valence-corrected chi connectivity index (χ4v) is 3.99. The van der Waals surface area contributed by atoms with Gasteiger partial charge < -0.3 is 23.7 Å². The Morgan fingerprint density at radius 1 is 1.03 bits per heavy atom. The number of halogens is 1. The lowest BCUT2D eigenvalue weighted by molar-refractivity contribution is -0.154. The zero-order valence-electron chi connectivity index (χ0n) is 22.2. The zero-order chi connectivity index (χ0) is 27.7. The molecule has 1 aromatic carbocycles. The van der Waals surface area contributed by atoms with Crippen LogP contribution in [0.25, 0.3) is 0 Å². The summed E-state index contributed by atoms with van der Waals surface area (Å²) < 4.78 is 41.0. The van der Waals surface area contributed by atoms with Crippen LogP contribution in [0.1, 0.15) is 63.0 Å². The fraction of sp³-hybridized carbons (Fsp3) is 0.481. The van der Waals surface area contributed by atoms with Crippen molar-refractivity contribution in [2.45, 2.75) is 53.1 Å². The van der Waals surface area contributed by atoms with Gasteiger partial charge in [0.15, 0.2) is 23.0 Å². The molecule has 0 saturated heterocycles. The molecule has 1 aromatic heterocycles. The number of carbonyl (C=O) groups excluding carboxylic acids is 3. The first kappa shape index (κ1) is 29.5. The minimum absolute atomic E-state index is 0.0000353. The van der Waals surface area contributed by atoms with Crippen LogP contribution in [-0.4, -0.2) is 49.8 Å². The van der Waals surface area contributed by atoms with Gasteiger partial charge in [-0.1, -0.05) is 26.8 Å². The van der Waals surface area contributed by atoms with Gasteiger partial charge in [0.25, 0.3) is 0 Å². The highest BCUT2D eigenvalue weighted by Gasteiger charge is 2.31. The van der Waals surface area contributed by atoms with Crippen LogP contribution in [0, 0.1) is 17.7 Å². The molecular formula is C27H34FNO8. The van der Waals surface area contributed by atoms with Crippen LogP contribution in [-0.2, 0) is 19.1 Å². The Bertz CT molecular complexity index is 1100. The molecule has 9 nitrogen and oxygen atoms in total. The Morgan fingerprint density at radius 2 is 1.73 bits per heavy atom. The van der Waals surface area contributed by atoms with Crippen molar-refractivity contribution in [2.24, 2.45) is 11.8 Å². The number of ketones is 1. The number of nitrogens with zero attached hydrogens (tertiary/aromatic N) is 1. The van der Waals surface area contributed by atoms with E-state index >= 15 is 0 Å². The first-order valence-electron chi connectivity index (χ1n) is 11.9. The average molecular weight is 520 g/mol. The Morgan fingerprint density at radius 3 is 2.30 bits per heavy atom. The van der Waals surface area contributed by atoms with Gasteiger partial charge in [0.05, 0.1) is 20.1 Å². The van der Waals surface area contributed by atoms with Crippen molar-refractivity contribution >= 4 is 17.7 Å². The molecule has 0 unspecified atom stereocenters. The topological polar surface area (TPSA) is 110 Å². The minimum Gasteiger partial charge on any atom is -0.497 e. The highest BCUT2D eigenvalue weighted by Crippen LogP contribution is 2.34. The maximum Gasteiger partial charge on any atom is 0.309 e. The lowest BCUT2D eigenvalue weighted by Crippen LogP contribution is -2.30. The second-order valence-corrected chi connectivity index (χ2v) is 8.92. The van der Waals surface area contributed by atoms with E-state index in [4.69, 9.17) is 23.7 Å². The highest BCUT2D eigenvalue weighted by atomic mass is 19.1. The van der Waals surface area contributed by atoms with E-state index in [1.54, 1.807) is 26.0 Å². The molecule has 0 fully saturated rings. The molecular weight excluding hydrogens is 485 g/mol. The molecule has 37 heavy (non-hydrogen) atoms. The van der Waals surface area contributed by atoms with Crippen molar-refractivity contribution < 1.29 is 42.5 Å². The molecule has 2 aromatic rings. The Labute approximate surface area is 216 Å². The molecule has 202 valence electrons. The van der Waals surface area contributed by atoms with Crippen molar-refractivity contribution in [1.82, 2.24) is 4.98 Å². The Kier molecular flexibility index (Phi) is 10.8. The summed E-state index contributed by atoms with van der Waals surface area (Å²) in [5, 5.41) is 0. The lowest BCUT2D eigenvalue weighted by atomic mass is 9.84. The summed E-state index contributed by atoms with van der Waals surface area (Å²) in [6.45, 7) is 7.87. The monoisotopic (exact) mass is 519 g/mol. The van der Waals surface area contributed by atoms with Gasteiger partial charge in [-0.25, -0.2) is 9.37 Å². The van der Waals surface area contributed by atoms with Crippen molar-refractivity contribution in [3.05, 3.63) is 47.5 Å². The molecule has 0 aliphatic carbocycles. The highest BCUT2D eigenvalue weighted by molar-refractivity contribution is 5.99. The van der Waals surface area contributed by atoms with E-state index < -0.39 is 48.3 Å². The van der Waals surface area contributed by atoms with Crippen LogP contribution in [0.2, 0.25) is 0 Å². The van der Waals surface area contributed by atoms with Gasteiger partial charge in [-0.15, -0.1) is 0 Å². The van der Waals surface area contributed by atoms with Crippen LogP contribution in [0.3, 0.4) is 0 Å². The lowest BCUT2D eigenvalue weighted by Gasteiger charge is -2.29. The minimum atomic E-state index is -0.821. The van der Waals surface area contributed by atoms with Crippen LogP contribution in [0.15, 0.2) is 30.5 Å². The maximum atomic E-state index is 14.8. The van der Waals surface area contributed by atoms with E-state index in [2.05, 4.69) is 4.98 Å². The Hall–Kier alpha value is -3.69. The van der Waals surface area contributed by atoms with Crippen LogP contribution >= 0.6 is 0 Å². The van der Waals surface area contributed by atoms with E-state index in [0.29, 0.717) is 11.3 Å². The smallest absolute Gasteiger partial charge is 0.309 e. The summed E-state index contributed by atoms with van der Waals surface area (Å²) in [6.07, 6.45) is 0.483. The van der Waals surface area contributed by atoms with E-state index in [0.717, 1.165) is 0 Å². The van der Waals surface area contributed by atoms with Gasteiger partial charge in [-0.3, -0.25) is 14.4 Å². The van der Waals surface area contributed by atoms with Gasteiger partial charge in [0, 0.05) is 37.6 Å². The van der Waals surface area contributed by atoms with Gasteiger partial charge in [0.1, 0.15) is 17.7 Å². The number of hydrogen-bond acceptors (Lipinski definition) is 9. The first-order chi connectivity index (χ1) is 17.5. The van der Waals surface area contributed by atoms with Crippen LogP contribution in [0.4, 0.5) is 4.39 Å². The summed E-state index contributed by atoms with van der Waals surface area (Å²) in [5.41, 5.74) is 0.342. The first-order valence-corrected chi connectivity index (χ1v) is 11.9. The van der Waals surface area contributed by atoms with E-state index in [1.807, 2.05) is 13.8 Å². The molecule has 3 atom stereocenters. The van der Waals surface area contributed by atoms with Crippen molar-refractivity contribution in [3.8, 4) is 17.2 Å². The standard InChI is InChI=1S/C27H34FNO8/c1-15(2)24(20-9-8-19(33-6)13-21(20)28)17(4)37-27(32)16(3)12-22(31)25-26(36-14-35-18(5)30)23(34-7)10-11-29-25/h8-11,13,15-17,24H,12,14H2,1-7H3/t16-,17+,24-/m1/s1. The predicted molar refractivity (Wildman–Crippen MR) is 132 cm³/mol.